The second-order valence-corrected chi connectivity index (χ2v) is 6.19. The summed E-state index contributed by atoms with van der Waals surface area (Å²) in [6.07, 6.45) is -4.97. The molecule has 0 aliphatic carbocycles. The first-order valence-electron chi connectivity index (χ1n) is 4.79. The first-order chi connectivity index (χ1) is 8.62. The van der Waals surface area contributed by atoms with Crippen molar-refractivity contribution in [2.75, 3.05) is 6.54 Å². The minimum Gasteiger partial charge on any atom is -0.404 e. The van der Waals surface area contributed by atoms with Crippen molar-refractivity contribution in [1.29, 1.82) is 0 Å². The van der Waals surface area contributed by atoms with E-state index in [1.165, 1.54) is 12.1 Å². The Labute approximate surface area is 116 Å². The Morgan fingerprint density at radius 1 is 1.37 bits per heavy atom. The smallest absolute Gasteiger partial charge is 0.404 e. The van der Waals surface area contributed by atoms with Gasteiger partial charge in [0.1, 0.15) is 10.6 Å². The van der Waals surface area contributed by atoms with E-state index in [1.807, 2.05) is 0 Å². The van der Waals surface area contributed by atoms with Gasteiger partial charge in [0.2, 0.25) is 10.0 Å². The number of halogens is 4. The van der Waals surface area contributed by atoms with Crippen LogP contribution in [-0.4, -0.2) is 21.3 Å². The molecule has 0 amide bonds. The molecule has 0 atom stereocenters. The summed E-state index contributed by atoms with van der Waals surface area (Å²) in [5.41, 5.74) is 0. The van der Waals surface area contributed by atoms with E-state index in [-0.39, 0.29) is 6.54 Å². The second kappa shape index (κ2) is 5.93. The third-order valence-corrected chi connectivity index (χ3v) is 3.54. The highest BCUT2D eigenvalue weighted by Gasteiger charge is 2.33. The van der Waals surface area contributed by atoms with Crippen molar-refractivity contribution in [3.63, 3.8) is 0 Å². The van der Waals surface area contributed by atoms with Crippen LogP contribution in [0.25, 0.3) is 0 Å². The molecule has 1 rings (SSSR count). The van der Waals surface area contributed by atoms with Crippen molar-refractivity contribution in [3.05, 3.63) is 35.3 Å². The van der Waals surface area contributed by atoms with Crippen LogP contribution >= 0.6 is 15.9 Å². The number of alkyl halides is 3. The number of rotatable bonds is 5. The fourth-order valence-corrected chi connectivity index (χ4v) is 2.61. The second-order valence-electron chi connectivity index (χ2n) is 3.34. The molecule has 0 saturated heterocycles. The lowest BCUT2D eigenvalue weighted by atomic mass is 10.3. The first-order valence-corrected chi connectivity index (χ1v) is 7.07. The normalized spacial score (nSPS) is 12.2. The number of ether oxygens (including phenoxy) is 1. The zero-order valence-corrected chi connectivity index (χ0v) is 11.8. The number of hydrogen-bond acceptors (Lipinski definition) is 3. The van der Waals surface area contributed by atoms with Gasteiger partial charge in [0.15, 0.2) is 0 Å². The molecule has 0 heterocycles. The van der Waals surface area contributed by atoms with Gasteiger partial charge in [-0.25, -0.2) is 13.1 Å². The third-order valence-electron chi connectivity index (χ3n) is 1.82. The Bertz CT molecular complexity index is 572. The molecular formula is C10H9BrF3NO3S. The molecule has 0 aliphatic rings. The summed E-state index contributed by atoms with van der Waals surface area (Å²) < 4.78 is 66.2. The van der Waals surface area contributed by atoms with Crippen LogP contribution in [0.5, 0.6) is 5.75 Å². The van der Waals surface area contributed by atoms with Crippen LogP contribution < -0.4 is 9.46 Å². The molecule has 9 heteroatoms. The zero-order valence-electron chi connectivity index (χ0n) is 9.37. The third kappa shape index (κ3) is 5.21. The van der Waals surface area contributed by atoms with Gasteiger partial charge in [0, 0.05) is 11.0 Å². The van der Waals surface area contributed by atoms with Crippen molar-refractivity contribution in [2.45, 2.75) is 11.3 Å². The molecule has 0 unspecified atom stereocenters. The summed E-state index contributed by atoms with van der Waals surface area (Å²) in [7, 11) is -4.12. The largest absolute Gasteiger partial charge is 0.573 e. The predicted octanol–water partition coefficient (Wildman–Crippen LogP) is 2.77. The summed E-state index contributed by atoms with van der Waals surface area (Å²) in [5, 5.41) is 0. The monoisotopic (exact) mass is 359 g/mol. The molecule has 1 aromatic carbocycles. The maximum absolute atomic E-state index is 12.2. The van der Waals surface area contributed by atoms with E-state index < -0.39 is 27.0 Å². The SMILES string of the molecule is C=C(Br)CNS(=O)(=O)c1ccccc1OC(F)(F)F. The molecule has 106 valence electrons. The van der Waals surface area contributed by atoms with Crippen LogP contribution in [0, 0.1) is 0 Å². The lowest BCUT2D eigenvalue weighted by molar-refractivity contribution is -0.275. The first kappa shape index (κ1) is 16.0. The van der Waals surface area contributed by atoms with Crippen LogP contribution in [0.15, 0.2) is 40.2 Å². The maximum Gasteiger partial charge on any atom is 0.573 e. The summed E-state index contributed by atoms with van der Waals surface area (Å²) in [6, 6.07) is 4.47. The lowest BCUT2D eigenvalue weighted by Gasteiger charge is -2.13. The Morgan fingerprint density at radius 3 is 2.47 bits per heavy atom. The molecule has 0 radical (unpaired) electrons. The van der Waals surface area contributed by atoms with E-state index in [1.54, 1.807) is 0 Å². The van der Waals surface area contributed by atoms with Gasteiger partial charge in [0.25, 0.3) is 0 Å². The van der Waals surface area contributed by atoms with Gasteiger partial charge >= 0.3 is 6.36 Å². The minimum absolute atomic E-state index is 0.150. The molecule has 0 saturated carbocycles. The quantitative estimate of drug-likeness (QED) is 0.879. The number of hydrogen-bond donors (Lipinski definition) is 1. The Balaban J connectivity index is 3.09. The Hall–Kier alpha value is -1.06. The summed E-state index contributed by atoms with van der Waals surface area (Å²) in [5.74, 6) is -0.789. The van der Waals surface area contributed by atoms with Gasteiger partial charge in [-0.2, -0.15) is 0 Å². The molecule has 0 fully saturated rings. The van der Waals surface area contributed by atoms with Crippen molar-refractivity contribution >= 4 is 26.0 Å². The van der Waals surface area contributed by atoms with E-state index in [2.05, 4.69) is 32.0 Å². The highest BCUT2D eigenvalue weighted by molar-refractivity contribution is 9.11. The number of benzene rings is 1. The van der Waals surface area contributed by atoms with E-state index in [4.69, 9.17) is 0 Å². The number of sulfonamides is 1. The van der Waals surface area contributed by atoms with Crippen molar-refractivity contribution in [2.24, 2.45) is 0 Å². The van der Waals surface area contributed by atoms with Gasteiger partial charge in [-0.3, -0.25) is 0 Å². The van der Waals surface area contributed by atoms with Crippen LogP contribution in [0.1, 0.15) is 0 Å². The molecule has 0 bridgehead atoms. The van der Waals surface area contributed by atoms with E-state index in [0.717, 1.165) is 12.1 Å². The number of para-hydroxylation sites is 1. The zero-order chi connectivity index (χ0) is 14.7. The fourth-order valence-electron chi connectivity index (χ4n) is 1.13. The van der Waals surface area contributed by atoms with Crippen molar-refractivity contribution in [1.82, 2.24) is 4.72 Å². The molecule has 0 spiro atoms. The molecular weight excluding hydrogens is 351 g/mol. The lowest BCUT2D eigenvalue weighted by Crippen LogP contribution is -2.26. The summed E-state index contributed by atoms with van der Waals surface area (Å²) in [4.78, 5) is -0.596. The van der Waals surface area contributed by atoms with Crippen LogP contribution in [0.2, 0.25) is 0 Å². The number of nitrogens with one attached hydrogen (secondary N) is 1. The van der Waals surface area contributed by atoms with Crippen molar-refractivity contribution < 1.29 is 26.3 Å². The fraction of sp³-hybridized carbons (Fsp3) is 0.200. The Morgan fingerprint density at radius 2 is 1.95 bits per heavy atom. The van der Waals surface area contributed by atoms with E-state index in [0.29, 0.717) is 4.48 Å². The van der Waals surface area contributed by atoms with Gasteiger partial charge in [-0.05, 0) is 12.1 Å². The van der Waals surface area contributed by atoms with Gasteiger partial charge in [-0.15, -0.1) is 13.2 Å². The summed E-state index contributed by atoms with van der Waals surface area (Å²) >= 11 is 2.93. The molecule has 19 heavy (non-hydrogen) atoms. The van der Waals surface area contributed by atoms with Gasteiger partial charge in [0.05, 0.1) is 0 Å². The van der Waals surface area contributed by atoms with Crippen LogP contribution in [0.4, 0.5) is 13.2 Å². The van der Waals surface area contributed by atoms with Gasteiger partial charge < -0.3 is 4.74 Å². The molecule has 0 aromatic heterocycles. The van der Waals surface area contributed by atoms with Crippen LogP contribution in [0.3, 0.4) is 0 Å². The molecule has 1 aromatic rings. The van der Waals surface area contributed by atoms with E-state index in [9.17, 15) is 21.6 Å². The van der Waals surface area contributed by atoms with Crippen LogP contribution in [-0.2, 0) is 10.0 Å². The van der Waals surface area contributed by atoms with E-state index >= 15 is 0 Å². The predicted molar refractivity (Wildman–Crippen MR) is 66.4 cm³/mol. The maximum atomic E-state index is 12.2. The standard InChI is InChI=1S/C10H9BrF3NO3S/c1-7(11)6-15-19(16,17)9-5-3-2-4-8(9)18-10(12,13)14/h2-5,15H,1,6H2. The van der Waals surface area contributed by atoms with Crippen molar-refractivity contribution in [3.8, 4) is 5.75 Å². The summed E-state index contributed by atoms with van der Waals surface area (Å²) in [6.45, 7) is 3.26. The molecule has 0 aliphatic heterocycles. The highest BCUT2D eigenvalue weighted by Crippen LogP contribution is 2.29. The molecule has 1 N–H and O–H groups in total. The Kier molecular flexibility index (Phi) is 4.99. The minimum atomic E-state index is -4.97. The van der Waals surface area contributed by atoms with Gasteiger partial charge in [-0.1, -0.05) is 34.6 Å². The highest BCUT2D eigenvalue weighted by atomic mass is 79.9. The average Bonchev–Trinajstić information content (AvgIpc) is 2.25. The average molecular weight is 360 g/mol. The topological polar surface area (TPSA) is 55.4 Å². The molecule has 4 nitrogen and oxygen atoms in total.